The minimum Gasteiger partial charge on any atom is -0.383 e. The molecule has 8 nitrogen and oxygen atoms in total. The van der Waals surface area contributed by atoms with E-state index in [1.807, 2.05) is 30.3 Å². The third-order valence-electron chi connectivity index (χ3n) is 5.54. The van der Waals surface area contributed by atoms with Gasteiger partial charge in [-0.05, 0) is 55.0 Å². The third kappa shape index (κ3) is 10.5. The van der Waals surface area contributed by atoms with E-state index in [1.54, 1.807) is 0 Å². The number of unbranched alkanes of at least 4 members (excludes halogenated alkanes) is 1. The Kier molecular flexibility index (Phi) is 11.6. The van der Waals surface area contributed by atoms with Gasteiger partial charge < -0.3 is 16.2 Å². The molecule has 0 aliphatic carbocycles. The van der Waals surface area contributed by atoms with Crippen LogP contribution in [0.1, 0.15) is 37.3 Å². The number of Topliss-reactive ketones (excluding diaryl/α,β-unsaturated/α-hetero) is 1. The molecule has 0 spiro atoms. The van der Waals surface area contributed by atoms with Crippen LogP contribution in [0.3, 0.4) is 0 Å². The van der Waals surface area contributed by atoms with E-state index in [9.17, 15) is 31.9 Å². The molecule has 2 aromatic rings. The number of rotatable bonds is 15. The van der Waals surface area contributed by atoms with Crippen LogP contribution in [0.15, 0.2) is 48.5 Å². The van der Waals surface area contributed by atoms with E-state index >= 15 is 0 Å². The molecule has 0 heterocycles. The number of carbonyl (C=O) groups is 2. The van der Waals surface area contributed by atoms with E-state index in [2.05, 4.69) is 10.0 Å². The van der Waals surface area contributed by atoms with Gasteiger partial charge in [-0.2, -0.15) is 0 Å². The summed E-state index contributed by atoms with van der Waals surface area (Å²) in [5.74, 6) is -2.36. The lowest BCUT2D eigenvalue weighted by Crippen LogP contribution is -2.47. The van der Waals surface area contributed by atoms with Crippen LogP contribution in [0.5, 0.6) is 0 Å². The average Bonchev–Trinajstić information content (AvgIpc) is 2.82. The van der Waals surface area contributed by atoms with Crippen molar-refractivity contribution in [3.05, 3.63) is 71.3 Å². The summed E-state index contributed by atoms with van der Waals surface area (Å²) in [5.41, 5.74) is 6.76. The van der Waals surface area contributed by atoms with Gasteiger partial charge in [0.15, 0.2) is 5.78 Å². The molecule has 0 aliphatic heterocycles. The molecule has 0 fully saturated rings. The van der Waals surface area contributed by atoms with Gasteiger partial charge >= 0.3 is 0 Å². The predicted molar refractivity (Wildman–Crippen MR) is 132 cm³/mol. The van der Waals surface area contributed by atoms with Crippen molar-refractivity contribution in [3.63, 3.8) is 0 Å². The second-order valence-electron chi connectivity index (χ2n) is 8.73. The summed E-state index contributed by atoms with van der Waals surface area (Å²) in [4.78, 5) is 24.0. The van der Waals surface area contributed by atoms with Gasteiger partial charge in [0.1, 0.15) is 17.7 Å². The molecular formula is C25H33F2N3O5S. The van der Waals surface area contributed by atoms with Gasteiger partial charge in [-0.1, -0.05) is 30.3 Å². The highest BCUT2D eigenvalue weighted by Crippen LogP contribution is 2.12. The largest absolute Gasteiger partial charge is 0.383 e. The quantitative estimate of drug-likeness (QED) is 0.261. The Labute approximate surface area is 210 Å². The lowest BCUT2D eigenvalue weighted by molar-refractivity contribution is -0.130. The second kappa shape index (κ2) is 14.1. The number of carbonyl (C=O) groups excluding carboxylic acids is 2. The number of amides is 1. The van der Waals surface area contributed by atoms with Gasteiger partial charge in [0.05, 0.1) is 11.8 Å². The minimum atomic E-state index is -3.71. The number of aliphatic hydroxyl groups excluding tert-OH is 1. The van der Waals surface area contributed by atoms with E-state index < -0.39 is 45.6 Å². The van der Waals surface area contributed by atoms with Gasteiger partial charge in [0, 0.05) is 25.9 Å². The first-order chi connectivity index (χ1) is 17.0. The van der Waals surface area contributed by atoms with Crippen molar-refractivity contribution in [2.75, 3.05) is 12.3 Å². The Morgan fingerprint density at radius 3 is 2.42 bits per heavy atom. The Morgan fingerprint density at radius 2 is 1.75 bits per heavy atom. The lowest BCUT2D eigenvalue weighted by Gasteiger charge is -2.23. The second-order valence-corrected chi connectivity index (χ2v) is 10.7. The standard InChI is InChI=1S/C25H33F2N3O5S/c1-17(31)30-23(13-18-7-3-2-4-8-18)25(33)24(32)9-5-6-12-36(34,35)29-16-21(28)15-19-14-20(26)10-11-22(19)27/h2-4,7-8,10-11,14,21,23,25,29,33H,5-6,9,12-13,15-16,28H2,1H3,(H,30,31). The fourth-order valence-electron chi connectivity index (χ4n) is 3.69. The fraction of sp³-hybridized carbons (Fsp3) is 0.440. The molecule has 0 bridgehead atoms. The topological polar surface area (TPSA) is 139 Å². The van der Waals surface area contributed by atoms with Crippen LogP contribution in [-0.2, 0) is 32.5 Å². The first-order valence-electron chi connectivity index (χ1n) is 11.7. The zero-order chi connectivity index (χ0) is 26.7. The van der Waals surface area contributed by atoms with E-state index in [0.29, 0.717) is 0 Å². The molecule has 0 saturated heterocycles. The summed E-state index contributed by atoms with van der Waals surface area (Å²) in [6.45, 7) is 1.14. The van der Waals surface area contributed by atoms with Crippen molar-refractivity contribution in [2.24, 2.45) is 5.73 Å². The normalized spacial score (nSPS) is 14.1. The minimum absolute atomic E-state index is 0.0447. The lowest BCUT2D eigenvalue weighted by atomic mass is 9.96. The Bertz CT molecular complexity index is 1120. The molecule has 1 amide bonds. The number of hydrogen-bond donors (Lipinski definition) is 4. The van der Waals surface area contributed by atoms with Gasteiger partial charge in [-0.25, -0.2) is 21.9 Å². The van der Waals surface area contributed by atoms with Crippen LogP contribution in [0.25, 0.3) is 0 Å². The average molecular weight is 526 g/mol. The summed E-state index contributed by atoms with van der Waals surface area (Å²) in [7, 11) is -3.71. The molecule has 5 N–H and O–H groups in total. The van der Waals surface area contributed by atoms with Crippen molar-refractivity contribution in [1.82, 2.24) is 10.0 Å². The summed E-state index contributed by atoms with van der Waals surface area (Å²) in [5, 5.41) is 13.1. The van der Waals surface area contributed by atoms with E-state index in [4.69, 9.17) is 5.73 Å². The number of benzene rings is 2. The molecule has 3 unspecified atom stereocenters. The highest BCUT2D eigenvalue weighted by molar-refractivity contribution is 7.89. The number of hydrogen-bond acceptors (Lipinski definition) is 6. The van der Waals surface area contributed by atoms with Gasteiger partial charge in [-0.15, -0.1) is 0 Å². The van der Waals surface area contributed by atoms with Crippen LogP contribution in [0.2, 0.25) is 0 Å². The molecule has 0 radical (unpaired) electrons. The summed E-state index contributed by atoms with van der Waals surface area (Å²) in [6.07, 6.45) is -0.881. The number of halogens is 2. The maximum Gasteiger partial charge on any atom is 0.217 e. The summed E-state index contributed by atoms with van der Waals surface area (Å²) < 4.78 is 53.8. The molecule has 0 saturated carbocycles. The Balaban J connectivity index is 1.77. The van der Waals surface area contributed by atoms with Crippen molar-refractivity contribution in [3.8, 4) is 0 Å². The molecule has 198 valence electrons. The smallest absolute Gasteiger partial charge is 0.217 e. The van der Waals surface area contributed by atoms with Crippen LogP contribution >= 0.6 is 0 Å². The van der Waals surface area contributed by atoms with Crippen LogP contribution in [-0.4, -0.2) is 55.7 Å². The number of aliphatic hydroxyl groups is 1. The molecule has 3 atom stereocenters. The number of nitrogens with two attached hydrogens (primary N) is 1. The van der Waals surface area contributed by atoms with Gasteiger partial charge in [-0.3, -0.25) is 9.59 Å². The van der Waals surface area contributed by atoms with Crippen molar-refractivity contribution >= 4 is 21.7 Å². The monoisotopic (exact) mass is 525 g/mol. The molecule has 36 heavy (non-hydrogen) atoms. The molecule has 0 aromatic heterocycles. The molecular weight excluding hydrogens is 492 g/mol. The Hall–Kier alpha value is -2.73. The first-order valence-corrected chi connectivity index (χ1v) is 13.3. The number of ketones is 1. The molecule has 0 aliphatic rings. The zero-order valence-corrected chi connectivity index (χ0v) is 20.9. The van der Waals surface area contributed by atoms with Gasteiger partial charge in [0.25, 0.3) is 0 Å². The maximum absolute atomic E-state index is 13.7. The van der Waals surface area contributed by atoms with E-state index in [-0.39, 0.29) is 55.9 Å². The van der Waals surface area contributed by atoms with E-state index in [0.717, 1.165) is 23.8 Å². The third-order valence-corrected chi connectivity index (χ3v) is 6.97. The maximum atomic E-state index is 13.7. The van der Waals surface area contributed by atoms with Crippen molar-refractivity contribution < 1.29 is 31.9 Å². The highest BCUT2D eigenvalue weighted by Gasteiger charge is 2.26. The zero-order valence-electron chi connectivity index (χ0n) is 20.1. The molecule has 2 aromatic carbocycles. The SMILES string of the molecule is CC(=O)NC(Cc1ccccc1)C(O)C(=O)CCCCS(=O)(=O)NCC(N)Cc1cc(F)ccc1F. The fourth-order valence-corrected chi connectivity index (χ4v) is 4.89. The molecule has 11 heteroatoms. The van der Waals surface area contributed by atoms with Crippen molar-refractivity contribution in [2.45, 2.75) is 57.2 Å². The number of sulfonamides is 1. The summed E-state index contributed by atoms with van der Waals surface area (Å²) in [6, 6.07) is 10.5. The van der Waals surface area contributed by atoms with Crippen molar-refractivity contribution in [1.29, 1.82) is 0 Å². The highest BCUT2D eigenvalue weighted by atomic mass is 32.2. The van der Waals surface area contributed by atoms with E-state index in [1.165, 1.54) is 6.92 Å². The first kappa shape index (κ1) is 29.5. The predicted octanol–water partition coefficient (Wildman–Crippen LogP) is 1.60. The Morgan fingerprint density at radius 1 is 1.06 bits per heavy atom. The van der Waals surface area contributed by atoms with Crippen LogP contribution < -0.4 is 15.8 Å². The molecule has 2 rings (SSSR count). The van der Waals surface area contributed by atoms with Crippen LogP contribution in [0, 0.1) is 11.6 Å². The number of nitrogens with one attached hydrogen (secondary N) is 2. The van der Waals surface area contributed by atoms with Crippen LogP contribution in [0.4, 0.5) is 8.78 Å². The van der Waals surface area contributed by atoms with Gasteiger partial charge in [0.2, 0.25) is 15.9 Å². The summed E-state index contributed by atoms with van der Waals surface area (Å²) >= 11 is 0.